The molecule has 0 bridgehead atoms. The molecule has 0 aliphatic heterocycles. The van der Waals surface area contributed by atoms with Crippen LogP contribution in [-0.2, 0) is 17.8 Å². The highest BCUT2D eigenvalue weighted by molar-refractivity contribution is 6.30. The van der Waals surface area contributed by atoms with Crippen LogP contribution in [0.15, 0.2) is 61.3 Å². The lowest BCUT2D eigenvalue weighted by atomic mass is 9.95. The maximum atomic E-state index is 12.4. The molecule has 2 N–H and O–H groups in total. The fourth-order valence-electron chi connectivity index (χ4n) is 2.82. The monoisotopic (exact) mass is 356 g/mol. The second-order valence-corrected chi connectivity index (χ2v) is 6.45. The molecule has 2 heterocycles. The molecular weight excluding hydrogens is 336 g/mol. The maximum absolute atomic E-state index is 12.4. The van der Waals surface area contributed by atoms with E-state index in [9.17, 15) is 4.79 Å². The van der Waals surface area contributed by atoms with Crippen molar-refractivity contribution in [3.8, 4) is 0 Å². The predicted octanol–water partition coefficient (Wildman–Crippen LogP) is 3.40. The molecule has 0 saturated heterocycles. The molecule has 2 aromatic heterocycles. The molecule has 1 aromatic carbocycles. The molecule has 0 fully saturated rings. The van der Waals surface area contributed by atoms with Crippen molar-refractivity contribution in [1.29, 1.82) is 0 Å². The molecule has 1 atom stereocenters. The van der Waals surface area contributed by atoms with Gasteiger partial charge in [0.25, 0.3) is 0 Å². The summed E-state index contributed by atoms with van der Waals surface area (Å²) in [5, 5.41) is 3.69. The van der Waals surface area contributed by atoms with Crippen molar-refractivity contribution < 1.29 is 4.79 Å². The molecule has 130 valence electrons. The molecule has 0 radical (unpaired) electrons. The lowest BCUT2D eigenvalue weighted by molar-refractivity contribution is -0.121. The van der Waals surface area contributed by atoms with E-state index in [1.807, 2.05) is 48.8 Å². The van der Waals surface area contributed by atoms with E-state index in [1.165, 1.54) is 0 Å². The standard InChI is InChI=1S/C19H21ClN4O/c20-17-5-3-15(4-6-17)16(13-24-9-1-2-10-24)11-19(25)22-8-7-18-12-21-14-23-18/h1-6,9-10,12,14,16H,7-8,11,13H2,(H,21,23)(H,22,25). The van der Waals surface area contributed by atoms with Gasteiger partial charge in [-0.1, -0.05) is 23.7 Å². The number of amides is 1. The number of benzene rings is 1. The number of nitrogens with zero attached hydrogens (tertiary/aromatic N) is 2. The van der Waals surface area contributed by atoms with Gasteiger partial charge in [-0.15, -0.1) is 0 Å². The van der Waals surface area contributed by atoms with E-state index in [0.717, 1.165) is 24.2 Å². The molecule has 6 heteroatoms. The smallest absolute Gasteiger partial charge is 0.220 e. The van der Waals surface area contributed by atoms with Crippen LogP contribution in [0.3, 0.4) is 0 Å². The van der Waals surface area contributed by atoms with Crippen molar-refractivity contribution in [2.45, 2.75) is 25.3 Å². The summed E-state index contributed by atoms with van der Waals surface area (Å²) in [4.78, 5) is 19.4. The zero-order valence-electron chi connectivity index (χ0n) is 13.9. The summed E-state index contributed by atoms with van der Waals surface area (Å²) in [6, 6.07) is 11.7. The average molecular weight is 357 g/mol. The number of aromatic amines is 1. The fraction of sp³-hybridized carbons (Fsp3) is 0.263. The van der Waals surface area contributed by atoms with Crippen LogP contribution in [0.2, 0.25) is 5.02 Å². The van der Waals surface area contributed by atoms with Crippen LogP contribution in [0.5, 0.6) is 0 Å². The van der Waals surface area contributed by atoms with Crippen molar-refractivity contribution >= 4 is 17.5 Å². The number of rotatable bonds is 8. The zero-order valence-corrected chi connectivity index (χ0v) is 14.6. The number of hydrogen-bond acceptors (Lipinski definition) is 2. The molecule has 1 amide bonds. The van der Waals surface area contributed by atoms with E-state index in [4.69, 9.17) is 11.6 Å². The second kappa shape index (κ2) is 8.53. The molecule has 0 aliphatic rings. The van der Waals surface area contributed by atoms with Gasteiger partial charge in [0, 0.05) is 61.2 Å². The lowest BCUT2D eigenvalue weighted by Crippen LogP contribution is -2.28. The quantitative estimate of drug-likeness (QED) is 0.649. The summed E-state index contributed by atoms with van der Waals surface area (Å²) in [6.07, 6.45) is 8.62. The number of imidazole rings is 1. The Hall–Kier alpha value is -2.53. The molecule has 3 rings (SSSR count). The van der Waals surface area contributed by atoms with Gasteiger partial charge in [-0.05, 0) is 29.8 Å². The lowest BCUT2D eigenvalue weighted by Gasteiger charge is -2.18. The minimum Gasteiger partial charge on any atom is -0.356 e. The number of nitrogens with one attached hydrogen (secondary N) is 2. The van der Waals surface area contributed by atoms with Gasteiger partial charge >= 0.3 is 0 Å². The first-order valence-electron chi connectivity index (χ1n) is 8.31. The second-order valence-electron chi connectivity index (χ2n) is 6.01. The van der Waals surface area contributed by atoms with E-state index in [0.29, 0.717) is 18.0 Å². The highest BCUT2D eigenvalue weighted by atomic mass is 35.5. The Morgan fingerprint density at radius 1 is 1.24 bits per heavy atom. The summed E-state index contributed by atoms with van der Waals surface area (Å²) in [5.41, 5.74) is 2.13. The van der Waals surface area contributed by atoms with Crippen LogP contribution in [0, 0.1) is 0 Å². The van der Waals surface area contributed by atoms with Crippen molar-refractivity contribution in [3.63, 3.8) is 0 Å². The van der Waals surface area contributed by atoms with Gasteiger partial charge in [0.15, 0.2) is 0 Å². The normalized spacial score (nSPS) is 12.0. The minimum absolute atomic E-state index is 0.0478. The molecule has 3 aromatic rings. The molecule has 0 aliphatic carbocycles. The van der Waals surface area contributed by atoms with Gasteiger partial charge in [-0.3, -0.25) is 4.79 Å². The Kier molecular flexibility index (Phi) is 5.90. The summed E-state index contributed by atoms with van der Waals surface area (Å²) in [7, 11) is 0. The van der Waals surface area contributed by atoms with Crippen molar-refractivity contribution in [2.75, 3.05) is 6.54 Å². The van der Waals surface area contributed by atoms with Crippen LogP contribution in [0.1, 0.15) is 23.6 Å². The molecule has 0 saturated carbocycles. The van der Waals surface area contributed by atoms with Crippen LogP contribution in [0.4, 0.5) is 0 Å². The number of carbonyl (C=O) groups is 1. The van der Waals surface area contributed by atoms with Crippen LogP contribution in [0.25, 0.3) is 0 Å². The Labute approximate surface area is 152 Å². The SMILES string of the molecule is O=C(CC(Cn1cccc1)c1ccc(Cl)cc1)NCCc1cnc[nH]1. The third-order valence-electron chi connectivity index (χ3n) is 4.14. The Morgan fingerprint density at radius 2 is 2.00 bits per heavy atom. The Balaban J connectivity index is 1.60. The van der Waals surface area contributed by atoms with Gasteiger partial charge < -0.3 is 14.9 Å². The molecular formula is C19H21ClN4O. The Morgan fingerprint density at radius 3 is 2.68 bits per heavy atom. The molecule has 25 heavy (non-hydrogen) atoms. The summed E-state index contributed by atoms with van der Waals surface area (Å²) >= 11 is 5.99. The van der Waals surface area contributed by atoms with Gasteiger partial charge in [0.05, 0.1) is 6.33 Å². The highest BCUT2D eigenvalue weighted by Crippen LogP contribution is 2.23. The zero-order chi connectivity index (χ0) is 17.5. The highest BCUT2D eigenvalue weighted by Gasteiger charge is 2.16. The first-order chi connectivity index (χ1) is 12.2. The van der Waals surface area contributed by atoms with Gasteiger partial charge in [-0.25, -0.2) is 4.98 Å². The molecule has 0 spiro atoms. The fourth-order valence-corrected chi connectivity index (χ4v) is 2.95. The first-order valence-corrected chi connectivity index (χ1v) is 8.68. The van der Waals surface area contributed by atoms with Crippen molar-refractivity contribution in [2.24, 2.45) is 0 Å². The number of hydrogen-bond donors (Lipinski definition) is 2. The number of aromatic nitrogens is 3. The summed E-state index contributed by atoms with van der Waals surface area (Å²) in [6.45, 7) is 1.35. The number of carbonyl (C=O) groups excluding carboxylic acids is 1. The van der Waals surface area contributed by atoms with Crippen molar-refractivity contribution in [3.05, 3.63) is 77.6 Å². The number of H-pyrrole nitrogens is 1. The summed E-state index contributed by atoms with van der Waals surface area (Å²) < 4.78 is 2.09. The summed E-state index contributed by atoms with van der Waals surface area (Å²) in [5.74, 6) is 0.142. The predicted molar refractivity (Wildman–Crippen MR) is 98.5 cm³/mol. The van der Waals surface area contributed by atoms with Gasteiger partial charge in [-0.2, -0.15) is 0 Å². The largest absolute Gasteiger partial charge is 0.356 e. The third kappa shape index (κ3) is 5.22. The van der Waals surface area contributed by atoms with Gasteiger partial charge in [0.2, 0.25) is 5.91 Å². The topological polar surface area (TPSA) is 62.7 Å². The van der Waals surface area contributed by atoms with E-state index >= 15 is 0 Å². The van der Waals surface area contributed by atoms with E-state index < -0.39 is 0 Å². The van der Waals surface area contributed by atoms with Crippen LogP contribution in [-0.4, -0.2) is 27.0 Å². The average Bonchev–Trinajstić information content (AvgIpc) is 3.29. The van der Waals surface area contributed by atoms with E-state index in [-0.39, 0.29) is 11.8 Å². The number of halogens is 1. The Bertz CT molecular complexity index is 766. The maximum Gasteiger partial charge on any atom is 0.220 e. The van der Waals surface area contributed by atoms with Crippen molar-refractivity contribution in [1.82, 2.24) is 19.9 Å². The van der Waals surface area contributed by atoms with E-state index in [1.54, 1.807) is 12.5 Å². The minimum atomic E-state index is 0.0478. The van der Waals surface area contributed by atoms with E-state index in [2.05, 4.69) is 19.9 Å². The van der Waals surface area contributed by atoms with Crippen LogP contribution < -0.4 is 5.32 Å². The van der Waals surface area contributed by atoms with Crippen LogP contribution >= 0.6 is 11.6 Å². The molecule has 1 unspecified atom stereocenters. The van der Waals surface area contributed by atoms with Gasteiger partial charge in [0.1, 0.15) is 0 Å². The third-order valence-corrected chi connectivity index (χ3v) is 4.39. The molecule has 5 nitrogen and oxygen atoms in total. The first kappa shape index (κ1) is 17.3.